The third-order valence-corrected chi connectivity index (χ3v) is 2.03. The van der Waals surface area contributed by atoms with Crippen molar-refractivity contribution < 1.29 is 32.2 Å². The molecule has 1 aromatic heterocycles. The monoisotopic (exact) mass is 308 g/mol. The summed E-state index contributed by atoms with van der Waals surface area (Å²) in [6, 6.07) is 0. The number of hydrogen-bond donors (Lipinski definition) is 0. The summed E-state index contributed by atoms with van der Waals surface area (Å²) in [5.41, 5.74) is 0. The molecule has 0 unspecified atom stereocenters. The maximum Gasteiger partial charge on any atom is 0.455 e. The van der Waals surface area contributed by atoms with Gasteiger partial charge in [0.2, 0.25) is 0 Å². The Kier molecular flexibility index (Phi) is 5.38. The van der Waals surface area contributed by atoms with E-state index in [0.717, 1.165) is 6.08 Å². The highest BCUT2D eigenvalue weighted by Crippen LogP contribution is 2.24. The molecular weight excluding hydrogens is 297 g/mol. The van der Waals surface area contributed by atoms with E-state index in [-0.39, 0.29) is 12.4 Å². The van der Waals surface area contributed by atoms with Crippen molar-refractivity contribution in [2.45, 2.75) is 19.6 Å². The Bertz CT molecular complexity index is 553. The van der Waals surface area contributed by atoms with Gasteiger partial charge in [-0.3, -0.25) is 4.79 Å². The Hall–Kier alpha value is -2.46. The molecule has 0 atom stereocenters. The van der Waals surface area contributed by atoms with E-state index >= 15 is 0 Å². The summed E-state index contributed by atoms with van der Waals surface area (Å²) in [6.07, 6.45) is -3.94. The van der Waals surface area contributed by atoms with Crippen LogP contribution >= 0.6 is 0 Å². The van der Waals surface area contributed by atoms with Gasteiger partial charge in [0.05, 0.1) is 13.7 Å². The molecule has 0 spiro atoms. The van der Waals surface area contributed by atoms with Gasteiger partial charge in [0, 0.05) is 6.08 Å². The topological polar surface area (TPSA) is 96.2 Å². The quantitative estimate of drug-likeness (QED) is 0.324. The molecule has 0 aliphatic rings. The zero-order valence-corrected chi connectivity index (χ0v) is 11.0. The van der Waals surface area contributed by atoms with Gasteiger partial charge in [0.1, 0.15) is 12.3 Å². The Morgan fingerprint density at radius 1 is 1.38 bits per heavy atom. The van der Waals surface area contributed by atoms with Crippen LogP contribution in [0.2, 0.25) is 0 Å². The fourth-order valence-corrected chi connectivity index (χ4v) is 1.14. The van der Waals surface area contributed by atoms with E-state index in [1.54, 1.807) is 0 Å². The first kappa shape index (κ1) is 16.6. The minimum Gasteiger partial charge on any atom is -0.499 e. The summed E-state index contributed by atoms with van der Waals surface area (Å²) in [4.78, 5) is 23.1. The Labute approximate surface area is 116 Å². The van der Waals surface area contributed by atoms with Crippen LogP contribution in [0.3, 0.4) is 0 Å². The molecule has 1 rings (SSSR count). The lowest BCUT2D eigenvalue weighted by molar-refractivity contribution is -0.151. The second kappa shape index (κ2) is 6.81. The van der Waals surface area contributed by atoms with Gasteiger partial charge >= 0.3 is 12.1 Å². The average Bonchev–Trinajstić information content (AvgIpc) is 2.86. The molecule has 0 radical (unpaired) electrons. The van der Waals surface area contributed by atoms with Gasteiger partial charge in [-0.15, -0.1) is 10.2 Å². The van der Waals surface area contributed by atoms with Crippen LogP contribution in [-0.4, -0.2) is 45.7 Å². The average molecular weight is 308 g/mol. The van der Waals surface area contributed by atoms with Gasteiger partial charge < -0.3 is 9.47 Å². The molecule has 0 amide bonds. The van der Waals surface area contributed by atoms with Crippen LogP contribution in [0.1, 0.15) is 12.7 Å². The van der Waals surface area contributed by atoms with Gasteiger partial charge in [0.15, 0.2) is 0 Å². The number of carbonyl (C=O) groups excluding carboxylic acids is 2. The van der Waals surface area contributed by atoms with Crippen LogP contribution in [-0.2, 0) is 31.8 Å². The second-order valence-corrected chi connectivity index (χ2v) is 3.54. The summed E-state index contributed by atoms with van der Waals surface area (Å²) in [7, 11) is 1.17. The van der Waals surface area contributed by atoms with Crippen LogP contribution in [0.4, 0.5) is 13.2 Å². The molecule has 116 valence electrons. The zero-order chi connectivity index (χ0) is 16.0. The predicted molar refractivity (Wildman–Crippen MR) is 59.6 cm³/mol. The molecule has 1 heterocycles. The second-order valence-electron chi connectivity index (χ2n) is 3.54. The number of rotatable bonds is 6. The number of tetrazole rings is 1. The Balaban J connectivity index is 2.80. The molecular formula is C10H11F3N4O4. The molecule has 0 aromatic carbocycles. The molecule has 0 aliphatic carbocycles. The number of alkyl halides is 3. The van der Waals surface area contributed by atoms with Crippen molar-refractivity contribution in [2.24, 2.45) is 0 Å². The summed E-state index contributed by atoms with van der Waals surface area (Å²) in [6.45, 7) is 1.13. The summed E-state index contributed by atoms with van der Waals surface area (Å²) < 4.78 is 46.1. The van der Waals surface area contributed by atoms with Crippen LogP contribution < -0.4 is 0 Å². The van der Waals surface area contributed by atoms with Gasteiger partial charge in [-0.2, -0.15) is 18.0 Å². The van der Waals surface area contributed by atoms with Gasteiger partial charge in [-0.1, -0.05) is 0 Å². The maximum atomic E-state index is 12.3. The molecule has 0 N–H and O–H groups in total. The van der Waals surface area contributed by atoms with E-state index in [1.165, 1.54) is 14.0 Å². The molecule has 0 fully saturated rings. The summed E-state index contributed by atoms with van der Waals surface area (Å²) in [5, 5.41) is 9.06. The standard InChI is InChI=1S/C10H11F3N4O4/c1-3-21-8(19)7(18)4-6(20-2)5-17-15-9(14-16-17)10(11,12)13/h4H,3,5H2,1-2H3/b6-4-. The Morgan fingerprint density at radius 3 is 2.52 bits per heavy atom. The first-order valence-electron chi connectivity index (χ1n) is 5.58. The van der Waals surface area contributed by atoms with Gasteiger partial charge in [0.25, 0.3) is 11.6 Å². The van der Waals surface area contributed by atoms with Crippen molar-refractivity contribution in [2.75, 3.05) is 13.7 Å². The SMILES string of the molecule is CCOC(=O)C(=O)/C=C(/Cn1nnc(C(F)(F)F)n1)OC. The fraction of sp³-hybridized carbons (Fsp3) is 0.500. The van der Waals surface area contributed by atoms with E-state index in [0.29, 0.717) is 4.80 Å². The van der Waals surface area contributed by atoms with E-state index < -0.39 is 30.3 Å². The number of hydrogen-bond acceptors (Lipinski definition) is 7. The van der Waals surface area contributed by atoms with Crippen molar-refractivity contribution in [1.82, 2.24) is 20.2 Å². The summed E-state index contributed by atoms with van der Waals surface area (Å²) in [5.74, 6) is -3.66. The first-order valence-corrected chi connectivity index (χ1v) is 5.58. The zero-order valence-electron chi connectivity index (χ0n) is 11.0. The van der Waals surface area contributed by atoms with Crippen molar-refractivity contribution in [3.05, 3.63) is 17.7 Å². The third kappa shape index (κ3) is 4.85. The number of aromatic nitrogens is 4. The molecule has 0 saturated carbocycles. The molecule has 0 bridgehead atoms. The number of ether oxygens (including phenoxy) is 2. The summed E-state index contributed by atoms with van der Waals surface area (Å²) >= 11 is 0. The molecule has 1 aromatic rings. The first-order chi connectivity index (χ1) is 9.77. The maximum absolute atomic E-state index is 12.3. The van der Waals surface area contributed by atoms with Crippen molar-refractivity contribution >= 4 is 11.8 Å². The normalized spacial score (nSPS) is 12.1. The fourth-order valence-electron chi connectivity index (χ4n) is 1.14. The lowest BCUT2D eigenvalue weighted by Gasteiger charge is -2.04. The predicted octanol–water partition coefficient (Wildman–Crippen LogP) is 0.354. The molecule has 0 saturated heterocycles. The van der Waals surface area contributed by atoms with E-state index in [9.17, 15) is 22.8 Å². The van der Waals surface area contributed by atoms with E-state index in [1.807, 2.05) is 0 Å². The molecule has 0 aliphatic heterocycles. The molecule has 21 heavy (non-hydrogen) atoms. The minimum atomic E-state index is -4.73. The number of methoxy groups -OCH3 is 1. The van der Waals surface area contributed by atoms with Crippen LogP contribution in [0.15, 0.2) is 11.8 Å². The van der Waals surface area contributed by atoms with Crippen molar-refractivity contribution in [1.29, 1.82) is 0 Å². The lowest BCUT2D eigenvalue weighted by atomic mass is 10.3. The number of halogens is 3. The molecule has 11 heteroatoms. The number of ketones is 1. The van der Waals surface area contributed by atoms with Crippen LogP contribution in [0, 0.1) is 0 Å². The van der Waals surface area contributed by atoms with Gasteiger partial charge in [-0.25, -0.2) is 4.79 Å². The number of esters is 1. The van der Waals surface area contributed by atoms with E-state index in [4.69, 9.17) is 4.74 Å². The van der Waals surface area contributed by atoms with Crippen molar-refractivity contribution in [3.63, 3.8) is 0 Å². The minimum absolute atomic E-state index is 0.0142. The highest BCUT2D eigenvalue weighted by Gasteiger charge is 2.36. The van der Waals surface area contributed by atoms with E-state index in [2.05, 4.69) is 20.1 Å². The van der Waals surface area contributed by atoms with Gasteiger partial charge in [-0.05, 0) is 12.1 Å². The highest BCUT2D eigenvalue weighted by molar-refractivity contribution is 6.38. The van der Waals surface area contributed by atoms with Crippen molar-refractivity contribution in [3.8, 4) is 0 Å². The van der Waals surface area contributed by atoms with Crippen LogP contribution in [0.5, 0.6) is 0 Å². The lowest BCUT2D eigenvalue weighted by Crippen LogP contribution is -2.17. The molecule has 8 nitrogen and oxygen atoms in total. The number of carbonyl (C=O) groups is 2. The largest absolute Gasteiger partial charge is 0.499 e. The van der Waals surface area contributed by atoms with Crippen LogP contribution in [0.25, 0.3) is 0 Å². The number of nitrogens with zero attached hydrogens (tertiary/aromatic N) is 4. The number of allylic oxidation sites excluding steroid dienone is 1. The highest BCUT2D eigenvalue weighted by atomic mass is 19.4. The smallest absolute Gasteiger partial charge is 0.455 e. The third-order valence-electron chi connectivity index (χ3n) is 2.03. The Morgan fingerprint density at radius 2 is 2.05 bits per heavy atom.